The predicted molar refractivity (Wildman–Crippen MR) is 117 cm³/mol. The van der Waals surface area contributed by atoms with Gasteiger partial charge in [0.1, 0.15) is 0 Å². The zero-order chi connectivity index (χ0) is 21.6. The molecular weight excluding hydrogens is 413 g/mol. The molecule has 0 aliphatic carbocycles. The van der Waals surface area contributed by atoms with E-state index in [0.717, 1.165) is 5.56 Å². The second-order valence-electron chi connectivity index (χ2n) is 6.49. The Balaban J connectivity index is 2.30. The first-order chi connectivity index (χ1) is 13.9. The van der Waals surface area contributed by atoms with Crippen molar-refractivity contribution in [2.75, 3.05) is 34.9 Å². The van der Waals surface area contributed by atoms with Gasteiger partial charge in [0.05, 0.1) is 31.4 Å². The molecule has 156 valence electrons. The standard InChI is InChI=1S/C22H25Cl2NO4/c1-6-7-15(14-8-9-17(23)18(24)10-14)13-25(2)22(26)16-11-19(27-3)21(29-5)20(12-16)28-4/h6,8-12,15H,1,7,13H2,2-5H3/t15-/m1/s1. The molecule has 0 N–H and O–H groups in total. The smallest absolute Gasteiger partial charge is 0.253 e. The number of methoxy groups -OCH3 is 3. The van der Waals surface area contributed by atoms with Gasteiger partial charge in [0, 0.05) is 25.1 Å². The quantitative estimate of drug-likeness (QED) is 0.489. The lowest BCUT2D eigenvalue weighted by atomic mass is 9.95. The number of halogens is 2. The van der Waals surface area contributed by atoms with Crippen LogP contribution in [0.2, 0.25) is 10.0 Å². The highest BCUT2D eigenvalue weighted by molar-refractivity contribution is 6.42. The summed E-state index contributed by atoms with van der Waals surface area (Å²) in [6, 6.07) is 8.79. The Labute approximate surface area is 181 Å². The van der Waals surface area contributed by atoms with Gasteiger partial charge in [-0.3, -0.25) is 4.79 Å². The molecule has 0 aliphatic heterocycles. The van der Waals surface area contributed by atoms with Crippen LogP contribution in [-0.2, 0) is 0 Å². The van der Waals surface area contributed by atoms with Crippen molar-refractivity contribution in [2.24, 2.45) is 0 Å². The fourth-order valence-corrected chi connectivity index (χ4v) is 3.43. The van der Waals surface area contributed by atoms with Gasteiger partial charge in [0.25, 0.3) is 5.91 Å². The van der Waals surface area contributed by atoms with E-state index in [1.54, 1.807) is 30.1 Å². The Kier molecular flexibility index (Phi) is 8.23. The van der Waals surface area contributed by atoms with E-state index in [1.807, 2.05) is 18.2 Å². The molecule has 0 bridgehead atoms. The molecule has 0 saturated carbocycles. The Morgan fingerprint density at radius 3 is 2.17 bits per heavy atom. The van der Waals surface area contributed by atoms with Gasteiger partial charge in [0.2, 0.25) is 5.75 Å². The zero-order valence-corrected chi connectivity index (χ0v) is 18.5. The van der Waals surface area contributed by atoms with E-state index >= 15 is 0 Å². The number of hydrogen-bond acceptors (Lipinski definition) is 4. The van der Waals surface area contributed by atoms with Gasteiger partial charge in [-0.25, -0.2) is 0 Å². The number of ether oxygens (including phenoxy) is 3. The van der Waals surface area contributed by atoms with Gasteiger partial charge in [-0.2, -0.15) is 0 Å². The van der Waals surface area contributed by atoms with Crippen LogP contribution in [0.4, 0.5) is 0 Å². The van der Waals surface area contributed by atoms with Crippen LogP contribution in [0.25, 0.3) is 0 Å². The second-order valence-corrected chi connectivity index (χ2v) is 7.31. The summed E-state index contributed by atoms with van der Waals surface area (Å²) >= 11 is 12.2. The maximum Gasteiger partial charge on any atom is 0.253 e. The number of carbonyl (C=O) groups is 1. The third-order valence-electron chi connectivity index (χ3n) is 4.62. The largest absolute Gasteiger partial charge is 0.493 e. The molecule has 1 amide bonds. The molecule has 1 atom stereocenters. The fourth-order valence-electron chi connectivity index (χ4n) is 3.12. The van der Waals surface area contributed by atoms with Crippen molar-refractivity contribution in [3.05, 3.63) is 64.2 Å². The number of hydrogen-bond donors (Lipinski definition) is 0. The minimum Gasteiger partial charge on any atom is -0.493 e. The molecule has 2 aromatic rings. The minimum absolute atomic E-state index is 0.0262. The molecule has 2 aromatic carbocycles. The van der Waals surface area contributed by atoms with E-state index in [1.165, 1.54) is 21.3 Å². The molecular formula is C22H25Cl2NO4. The number of amides is 1. The molecule has 0 aromatic heterocycles. The molecule has 0 unspecified atom stereocenters. The fraction of sp³-hybridized carbons (Fsp3) is 0.318. The molecule has 0 spiro atoms. The summed E-state index contributed by atoms with van der Waals surface area (Å²) < 4.78 is 16.0. The molecule has 0 saturated heterocycles. The first-order valence-electron chi connectivity index (χ1n) is 8.97. The lowest BCUT2D eigenvalue weighted by Crippen LogP contribution is -2.31. The average molecular weight is 438 g/mol. The highest BCUT2D eigenvalue weighted by Crippen LogP contribution is 2.38. The monoisotopic (exact) mass is 437 g/mol. The summed E-state index contributed by atoms with van der Waals surface area (Å²) in [5.74, 6) is 1.15. The first-order valence-corrected chi connectivity index (χ1v) is 9.73. The molecule has 0 aliphatic rings. The van der Waals surface area contributed by atoms with E-state index in [9.17, 15) is 4.79 Å². The van der Waals surface area contributed by atoms with Crippen LogP contribution in [0.1, 0.15) is 28.3 Å². The van der Waals surface area contributed by atoms with Gasteiger partial charge < -0.3 is 19.1 Å². The van der Waals surface area contributed by atoms with Gasteiger partial charge in [-0.05, 0) is 36.2 Å². The van der Waals surface area contributed by atoms with Gasteiger partial charge >= 0.3 is 0 Å². The van der Waals surface area contributed by atoms with E-state index < -0.39 is 0 Å². The van der Waals surface area contributed by atoms with Crippen LogP contribution >= 0.6 is 23.2 Å². The number of rotatable bonds is 9. The number of nitrogens with zero attached hydrogens (tertiary/aromatic N) is 1. The second kappa shape index (κ2) is 10.4. The number of allylic oxidation sites excluding steroid dienone is 1. The molecule has 0 fully saturated rings. The topological polar surface area (TPSA) is 48.0 Å². The summed E-state index contributed by atoms with van der Waals surface area (Å²) in [6.45, 7) is 4.30. The van der Waals surface area contributed by atoms with Crippen LogP contribution < -0.4 is 14.2 Å². The lowest BCUT2D eigenvalue weighted by molar-refractivity contribution is 0.0785. The Hall–Kier alpha value is -2.37. The van der Waals surface area contributed by atoms with Crippen LogP contribution in [0.3, 0.4) is 0 Å². The van der Waals surface area contributed by atoms with Crippen molar-refractivity contribution in [1.29, 1.82) is 0 Å². The lowest BCUT2D eigenvalue weighted by Gasteiger charge is -2.25. The summed E-state index contributed by atoms with van der Waals surface area (Å²) in [4.78, 5) is 14.7. The maximum absolute atomic E-state index is 13.1. The van der Waals surface area contributed by atoms with Crippen LogP contribution in [0.5, 0.6) is 17.2 Å². The Morgan fingerprint density at radius 2 is 1.69 bits per heavy atom. The molecule has 5 nitrogen and oxygen atoms in total. The zero-order valence-electron chi connectivity index (χ0n) is 17.0. The molecule has 29 heavy (non-hydrogen) atoms. The minimum atomic E-state index is -0.168. The van der Waals surface area contributed by atoms with Crippen molar-refractivity contribution >= 4 is 29.1 Å². The molecule has 0 radical (unpaired) electrons. The van der Waals surface area contributed by atoms with Crippen LogP contribution in [0.15, 0.2) is 43.0 Å². The predicted octanol–water partition coefficient (Wildman–Crippen LogP) is 5.45. The third kappa shape index (κ3) is 5.37. The summed E-state index contributed by atoms with van der Waals surface area (Å²) in [6.07, 6.45) is 2.51. The van der Waals surface area contributed by atoms with E-state index in [2.05, 4.69) is 6.58 Å². The van der Waals surface area contributed by atoms with E-state index in [0.29, 0.717) is 45.8 Å². The SMILES string of the molecule is C=CC[C@H](CN(C)C(=O)c1cc(OC)c(OC)c(OC)c1)c1ccc(Cl)c(Cl)c1. The van der Waals surface area contributed by atoms with Crippen molar-refractivity contribution in [1.82, 2.24) is 4.90 Å². The summed E-state index contributed by atoms with van der Waals surface area (Å²) in [5, 5.41) is 0.978. The van der Waals surface area contributed by atoms with Gasteiger partial charge in [-0.15, -0.1) is 6.58 Å². The van der Waals surface area contributed by atoms with Gasteiger partial charge in [0.15, 0.2) is 11.5 Å². The van der Waals surface area contributed by atoms with E-state index in [-0.39, 0.29) is 11.8 Å². The van der Waals surface area contributed by atoms with Crippen LogP contribution in [0, 0.1) is 0 Å². The van der Waals surface area contributed by atoms with Crippen molar-refractivity contribution in [3.63, 3.8) is 0 Å². The van der Waals surface area contributed by atoms with Crippen LogP contribution in [-0.4, -0.2) is 45.7 Å². The van der Waals surface area contributed by atoms with Gasteiger partial charge in [-0.1, -0.05) is 35.3 Å². The van der Waals surface area contributed by atoms with Crippen molar-refractivity contribution < 1.29 is 19.0 Å². The normalized spacial score (nSPS) is 11.5. The molecule has 7 heteroatoms. The van der Waals surface area contributed by atoms with Crippen molar-refractivity contribution in [3.8, 4) is 17.2 Å². The number of likely N-dealkylation sites (N-methyl/N-ethyl adjacent to an activating group) is 1. The Morgan fingerprint density at radius 1 is 1.07 bits per heavy atom. The van der Waals surface area contributed by atoms with Crippen molar-refractivity contribution in [2.45, 2.75) is 12.3 Å². The molecule has 2 rings (SSSR count). The average Bonchev–Trinajstić information content (AvgIpc) is 2.73. The highest BCUT2D eigenvalue weighted by Gasteiger charge is 2.22. The Bertz CT molecular complexity index is 860. The third-order valence-corrected chi connectivity index (χ3v) is 5.36. The number of carbonyl (C=O) groups excluding carboxylic acids is 1. The maximum atomic E-state index is 13.1. The molecule has 0 heterocycles. The number of benzene rings is 2. The first kappa shape index (κ1) is 22.9. The summed E-state index contributed by atoms with van der Waals surface area (Å²) in [5.41, 5.74) is 1.43. The van der Waals surface area contributed by atoms with E-state index in [4.69, 9.17) is 37.4 Å². The highest BCUT2D eigenvalue weighted by atomic mass is 35.5. The summed E-state index contributed by atoms with van der Waals surface area (Å²) in [7, 11) is 6.30.